The number of carbonyl (C=O) groups excluding carboxylic acids is 2. The summed E-state index contributed by atoms with van der Waals surface area (Å²) in [6, 6.07) is 13.9. The summed E-state index contributed by atoms with van der Waals surface area (Å²) in [5.41, 5.74) is 8.03. The third-order valence-electron chi connectivity index (χ3n) is 3.54. The maximum absolute atomic E-state index is 12.4. The molecule has 2 aromatic rings. The van der Waals surface area contributed by atoms with Crippen LogP contribution >= 0.6 is 0 Å². The Morgan fingerprint density at radius 3 is 2.50 bits per heavy atom. The summed E-state index contributed by atoms with van der Waals surface area (Å²) >= 11 is 0. The number of oxime groups is 1. The van der Waals surface area contributed by atoms with Crippen molar-refractivity contribution < 1.29 is 19.5 Å². The fourth-order valence-corrected chi connectivity index (χ4v) is 2.41. The van der Waals surface area contributed by atoms with Gasteiger partial charge in [0.25, 0.3) is 5.91 Å². The first-order valence-electron chi connectivity index (χ1n) is 8.13. The van der Waals surface area contributed by atoms with Gasteiger partial charge in [0.1, 0.15) is 5.84 Å². The van der Waals surface area contributed by atoms with Crippen LogP contribution in [0.1, 0.15) is 28.4 Å². The zero-order valence-corrected chi connectivity index (χ0v) is 14.4. The largest absolute Gasteiger partial charge is 0.466 e. The van der Waals surface area contributed by atoms with Crippen LogP contribution in [0.15, 0.2) is 53.7 Å². The second-order valence-electron chi connectivity index (χ2n) is 5.60. The smallest absolute Gasteiger partial charge is 0.310 e. The average molecular weight is 355 g/mol. The fourth-order valence-electron chi connectivity index (χ4n) is 2.41. The first-order chi connectivity index (χ1) is 12.5. The van der Waals surface area contributed by atoms with E-state index in [0.717, 1.165) is 11.1 Å². The second kappa shape index (κ2) is 9.22. The Kier molecular flexibility index (Phi) is 6.73. The van der Waals surface area contributed by atoms with Crippen LogP contribution in [-0.4, -0.2) is 29.5 Å². The summed E-state index contributed by atoms with van der Waals surface area (Å²) in [7, 11) is 0. The Labute approximate surface area is 151 Å². The topological polar surface area (TPSA) is 114 Å². The molecule has 0 atom stereocenters. The summed E-state index contributed by atoms with van der Waals surface area (Å²) < 4.78 is 4.93. The molecule has 1 amide bonds. The van der Waals surface area contributed by atoms with Crippen molar-refractivity contribution in [2.24, 2.45) is 10.9 Å². The number of nitrogens with zero attached hydrogens (tertiary/aromatic N) is 1. The highest BCUT2D eigenvalue weighted by Gasteiger charge is 2.09. The van der Waals surface area contributed by atoms with Gasteiger partial charge >= 0.3 is 5.97 Å². The van der Waals surface area contributed by atoms with Crippen molar-refractivity contribution in [3.63, 3.8) is 0 Å². The van der Waals surface area contributed by atoms with E-state index in [1.54, 1.807) is 55.5 Å². The Morgan fingerprint density at radius 2 is 1.81 bits per heavy atom. The highest BCUT2D eigenvalue weighted by molar-refractivity contribution is 6.04. The Hall–Kier alpha value is -3.35. The lowest BCUT2D eigenvalue weighted by Crippen LogP contribution is -2.16. The van der Waals surface area contributed by atoms with Crippen molar-refractivity contribution in [2.45, 2.75) is 19.8 Å². The van der Waals surface area contributed by atoms with Crippen molar-refractivity contribution >= 4 is 23.4 Å². The van der Waals surface area contributed by atoms with E-state index in [4.69, 9.17) is 15.7 Å². The van der Waals surface area contributed by atoms with Crippen LogP contribution in [0.5, 0.6) is 0 Å². The SMILES string of the molecule is CCOC(=O)Cc1cccc(NC(=O)c2cccc(CC(N)=NO)c2)c1. The number of amidine groups is 1. The van der Waals surface area contributed by atoms with Crippen LogP contribution in [0, 0.1) is 0 Å². The number of amides is 1. The first-order valence-corrected chi connectivity index (χ1v) is 8.13. The van der Waals surface area contributed by atoms with Gasteiger partial charge in [-0.2, -0.15) is 0 Å². The third kappa shape index (κ3) is 5.62. The lowest BCUT2D eigenvalue weighted by molar-refractivity contribution is -0.142. The van der Waals surface area contributed by atoms with Crippen molar-refractivity contribution in [1.82, 2.24) is 0 Å². The number of nitrogens with two attached hydrogens (primary N) is 1. The number of benzene rings is 2. The predicted molar refractivity (Wildman–Crippen MR) is 98.3 cm³/mol. The number of hydrogen-bond acceptors (Lipinski definition) is 5. The summed E-state index contributed by atoms with van der Waals surface area (Å²) in [6.07, 6.45) is 0.388. The molecular weight excluding hydrogens is 334 g/mol. The van der Waals surface area contributed by atoms with Crippen molar-refractivity contribution in [2.75, 3.05) is 11.9 Å². The van der Waals surface area contributed by atoms with Crippen molar-refractivity contribution in [3.05, 3.63) is 65.2 Å². The van der Waals surface area contributed by atoms with Crippen molar-refractivity contribution in [3.8, 4) is 0 Å². The van der Waals surface area contributed by atoms with Gasteiger partial charge in [0, 0.05) is 17.7 Å². The standard InChI is InChI=1S/C19H21N3O4/c1-2-26-18(23)12-14-6-4-8-16(10-14)21-19(24)15-7-3-5-13(9-15)11-17(20)22-25/h3-10,25H,2,11-12H2,1H3,(H2,20,22)(H,21,24). The van der Waals surface area contributed by atoms with Gasteiger partial charge in [0.2, 0.25) is 0 Å². The maximum atomic E-state index is 12.4. The highest BCUT2D eigenvalue weighted by atomic mass is 16.5. The monoisotopic (exact) mass is 355 g/mol. The molecule has 0 aliphatic carbocycles. The van der Waals surface area contributed by atoms with Crippen LogP contribution in [0.2, 0.25) is 0 Å². The molecule has 136 valence electrons. The molecule has 0 fully saturated rings. The number of carbonyl (C=O) groups is 2. The van der Waals surface area contributed by atoms with Crippen LogP contribution in [0.3, 0.4) is 0 Å². The Morgan fingerprint density at radius 1 is 1.12 bits per heavy atom. The van der Waals surface area contributed by atoms with E-state index < -0.39 is 0 Å². The Balaban J connectivity index is 2.08. The molecule has 2 aromatic carbocycles. The molecule has 0 radical (unpaired) electrons. The minimum Gasteiger partial charge on any atom is -0.466 e. The molecule has 0 unspecified atom stereocenters. The molecule has 2 rings (SSSR count). The third-order valence-corrected chi connectivity index (χ3v) is 3.54. The van der Waals surface area contributed by atoms with E-state index in [0.29, 0.717) is 17.9 Å². The molecule has 0 aliphatic rings. The molecule has 0 saturated carbocycles. The molecule has 0 spiro atoms. The molecule has 0 aromatic heterocycles. The van der Waals surface area contributed by atoms with E-state index in [1.807, 2.05) is 0 Å². The van der Waals surface area contributed by atoms with Crippen LogP contribution < -0.4 is 11.1 Å². The van der Waals surface area contributed by atoms with Gasteiger partial charge in [0.05, 0.1) is 13.0 Å². The first kappa shape index (κ1) is 19.0. The number of hydrogen-bond donors (Lipinski definition) is 3. The summed E-state index contributed by atoms with van der Waals surface area (Å²) in [4.78, 5) is 24.0. The van der Waals surface area contributed by atoms with E-state index >= 15 is 0 Å². The highest BCUT2D eigenvalue weighted by Crippen LogP contribution is 2.14. The van der Waals surface area contributed by atoms with Gasteiger partial charge < -0.3 is 21.0 Å². The zero-order chi connectivity index (χ0) is 18.9. The molecule has 0 saturated heterocycles. The van der Waals surface area contributed by atoms with Gasteiger partial charge in [-0.3, -0.25) is 9.59 Å². The summed E-state index contributed by atoms with van der Waals surface area (Å²) in [5.74, 6) is -0.541. The fraction of sp³-hybridized carbons (Fsp3) is 0.211. The maximum Gasteiger partial charge on any atom is 0.310 e. The summed E-state index contributed by atoms with van der Waals surface area (Å²) in [6.45, 7) is 2.08. The van der Waals surface area contributed by atoms with Gasteiger partial charge in [0.15, 0.2) is 0 Å². The Bertz CT molecular complexity index is 818. The van der Waals surface area contributed by atoms with E-state index in [1.165, 1.54) is 0 Å². The molecule has 26 heavy (non-hydrogen) atoms. The van der Waals surface area contributed by atoms with Gasteiger partial charge in [-0.15, -0.1) is 0 Å². The van der Waals surface area contributed by atoms with Gasteiger partial charge in [-0.25, -0.2) is 0 Å². The van der Waals surface area contributed by atoms with E-state index in [9.17, 15) is 9.59 Å². The quantitative estimate of drug-likeness (QED) is 0.232. The zero-order valence-electron chi connectivity index (χ0n) is 14.4. The molecule has 4 N–H and O–H groups in total. The molecule has 0 heterocycles. The molecular formula is C19H21N3O4. The normalized spacial score (nSPS) is 11.0. The molecule has 0 bridgehead atoms. The second-order valence-corrected chi connectivity index (χ2v) is 5.60. The molecule has 0 aliphatic heterocycles. The molecule has 7 heteroatoms. The average Bonchev–Trinajstić information content (AvgIpc) is 2.62. The summed E-state index contributed by atoms with van der Waals surface area (Å²) in [5, 5.41) is 14.4. The minimum atomic E-state index is -0.313. The van der Waals surface area contributed by atoms with Gasteiger partial charge in [-0.05, 0) is 42.3 Å². The van der Waals surface area contributed by atoms with Crippen molar-refractivity contribution in [1.29, 1.82) is 0 Å². The lowest BCUT2D eigenvalue weighted by Gasteiger charge is -2.09. The number of nitrogens with one attached hydrogen (secondary N) is 1. The van der Waals surface area contributed by atoms with Crippen LogP contribution in [0.4, 0.5) is 5.69 Å². The van der Waals surface area contributed by atoms with E-state index in [2.05, 4.69) is 10.5 Å². The minimum absolute atomic E-state index is 0.0641. The molecule has 7 nitrogen and oxygen atoms in total. The van der Waals surface area contributed by atoms with Crippen LogP contribution in [0.25, 0.3) is 0 Å². The van der Waals surface area contributed by atoms with Gasteiger partial charge in [-0.1, -0.05) is 29.4 Å². The number of rotatable bonds is 7. The number of anilines is 1. The van der Waals surface area contributed by atoms with E-state index in [-0.39, 0.29) is 30.6 Å². The number of esters is 1. The van der Waals surface area contributed by atoms with Crippen LogP contribution in [-0.2, 0) is 22.4 Å². The predicted octanol–water partition coefficient (Wildman–Crippen LogP) is 2.33. The number of ether oxygens (including phenoxy) is 1. The lowest BCUT2D eigenvalue weighted by atomic mass is 10.1.